The predicted octanol–water partition coefficient (Wildman–Crippen LogP) is 2.92. The number of alkyl halides is 3. The second-order valence-electron chi connectivity index (χ2n) is 6.04. The van der Waals surface area contributed by atoms with Crippen molar-refractivity contribution in [2.45, 2.75) is 11.1 Å². The first-order valence-corrected chi connectivity index (χ1v) is 12.5. The molecule has 0 aliphatic rings. The van der Waals surface area contributed by atoms with E-state index in [1.807, 2.05) is 0 Å². The summed E-state index contributed by atoms with van der Waals surface area (Å²) in [6.45, 7) is -0.641. The van der Waals surface area contributed by atoms with Crippen molar-refractivity contribution in [1.29, 1.82) is 0 Å². The molecule has 0 saturated heterocycles. The molecule has 2 aromatic rings. The molecule has 2 N–H and O–H groups in total. The number of allylic oxidation sites excluding steroid dienone is 2. The van der Waals surface area contributed by atoms with E-state index in [4.69, 9.17) is 15.0 Å². The van der Waals surface area contributed by atoms with Crippen LogP contribution >= 0.6 is 27.7 Å². The molecule has 1 aromatic heterocycles. The summed E-state index contributed by atoms with van der Waals surface area (Å²) in [7, 11) is -3.53. The van der Waals surface area contributed by atoms with E-state index in [0.29, 0.717) is 0 Å². The van der Waals surface area contributed by atoms with Gasteiger partial charge in [0.25, 0.3) is 5.89 Å². The number of esters is 1. The molecule has 0 aliphatic heterocycles. The molecule has 0 unspecified atom stereocenters. The molecule has 1 aromatic carbocycles. The maximum Gasteiger partial charge on any atom is 0.431 e. The normalized spacial score (nSPS) is 13.6. The number of nitrogens with two attached hydrogens (primary N) is 1. The number of sulfone groups is 1. The van der Waals surface area contributed by atoms with Crippen molar-refractivity contribution in [2.75, 3.05) is 25.0 Å². The summed E-state index contributed by atoms with van der Waals surface area (Å²) in [5.74, 6) is -1.37. The van der Waals surface area contributed by atoms with Crippen LogP contribution in [0.2, 0.25) is 0 Å². The van der Waals surface area contributed by atoms with Gasteiger partial charge in [-0.2, -0.15) is 18.2 Å². The Balaban J connectivity index is 2.50. The molecular formula is C17H16BrF3N4O5S2. The van der Waals surface area contributed by atoms with Crippen LogP contribution in [0, 0.1) is 0 Å². The summed E-state index contributed by atoms with van der Waals surface area (Å²) in [5.41, 5.74) is 3.32. The van der Waals surface area contributed by atoms with Gasteiger partial charge in [-0.3, -0.25) is 9.79 Å². The highest BCUT2D eigenvalue weighted by atomic mass is 79.9. The van der Waals surface area contributed by atoms with Crippen LogP contribution in [-0.4, -0.2) is 61.4 Å². The first-order chi connectivity index (χ1) is 14.8. The lowest BCUT2D eigenvalue weighted by Crippen LogP contribution is -2.23. The smallest absolute Gasteiger partial charge is 0.431 e. The lowest BCUT2D eigenvalue weighted by molar-refractivity contribution is -0.139. The summed E-state index contributed by atoms with van der Waals surface area (Å²) < 4.78 is 71.9. The minimum Gasteiger partial charge on any atom is -0.453 e. The zero-order valence-electron chi connectivity index (χ0n) is 16.5. The first-order valence-electron chi connectivity index (χ1n) is 8.41. The number of thioether (sulfide) groups is 1. The molecule has 0 saturated carbocycles. The summed E-state index contributed by atoms with van der Waals surface area (Å²) in [4.78, 5) is 19.5. The van der Waals surface area contributed by atoms with E-state index in [0.717, 1.165) is 6.26 Å². The summed E-state index contributed by atoms with van der Waals surface area (Å²) in [6, 6.07) is 5.55. The third-order valence-corrected chi connectivity index (χ3v) is 5.87. The molecular weight excluding hydrogens is 541 g/mol. The van der Waals surface area contributed by atoms with Crippen LogP contribution in [0.3, 0.4) is 0 Å². The Morgan fingerprint density at radius 2 is 2.06 bits per heavy atom. The molecule has 0 bridgehead atoms. The molecule has 0 amide bonds. The van der Waals surface area contributed by atoms with Gasteiger partial charge in [-0.15, -0.1) is 11.8 Å². The number of nitrogens with zero attached hydrogens (tertiary/aromatic N) is 3. The molecule has 15 heteroatoms. The maximum atomic E-state index is 13.1. The molecule has 0 atom stereocenters. The van der Waals surface area contributed by atoms with Gasteiger partial charge in [0, 0.05) is 11.8 Å². The van der Waals surface area contributed by atoms with Crippen molar-refractivity contribution in [1.82, 2.24) is 10.1 Å². The largest absolute Gasteiger partial charge is 0.453 e. The molecule has 9 nitrogen and oxygen atoms in total. The number of rotatable bonds is 8. The van der Waals surface area contributed by atoms with Crippen LogP contribution in [0.4, 0.5) is 13.2 Å². The van der Waals surface area contributed by atoms with Gasteiger partial charge in [-0.1, -0.05) is 17.3 Å². The first kappa shape index (κ1) is 25.9. The number of aromatic nitrogens is 2. The molecule has 174 valence electrons. The van der Waals surface area contributed by atoms with E-state index >= 15 is 0 Å². The molecule has 0 fully saturated rings. The molecule has 1 heterocycles. The van der Waals surface area contributed by atoms with Crippen LogP contribution in [0.5, 0.6) is 0 Å². The number of aliphatic imine (C=N–C) groups is 1. The van der Waals surface area contributed by atoms with Crippen molar-refractivity contribution in [3.05, 3.63) is 40.3 Å². The minimum absolute atomic E-state index is 0.0193. The second-order valence-corrected chi connectivity index (χ2v) is 9.66. The lowest BCUT2D eigenvalue weighted by atomic mass is 10.2. The summed E-state index contributed by atoms with van der Waals surface area (Å²) in [6.07, 6.45) is -2.22. The van der Waals surface area contributed by atoms with Crippen molar-refractivity contribution in [2.24, 2.45) is 10.7 Å². The molecule has 0 radical (unpaired) electrons. The average Bonchev–Trinajstić information content (AvgIpc) is 3.20. The van der Waals surface area contributed by atoms with Crippen molar-refractivity contribution >= 4 is 49.2 Å². The van der Waals surface area contributed by atoms with E-state index in [1.165, 1.54) is 36.0 Å². The van der Waals surface area contributed by atoms with Gasteiger partial charge in [0.1, 0.15) is 23.9 Å². The summed E-state index contributed by atoms with van der Waals surface area (Å²) >= 11 is 3.95. The topological polar surface area (TPSA) is 138 Å². The predicted molar refractivity (Wildman–Crippen MR) is 115 cm³/mol. The van der Waals surface area contributed by atoms with E-state index in [9.17, 15) is 26.4 Å². The number of hydrogen-bond acceptors (Lipinski definition) is 10. The van der Waals surface area contributed by atoms with E-state index in [1.54, 1.807) is 6.26 Å². The fourth-order valence-electron chi connectivity index (χ4n) is 2.10. The number of hydrogen-bond donors (Lipinski definition) is 1. The van der Waals surface area contributed by atoms with Gasteiger partial charge in [-0.25, -0.2) is 8.42 Å². The van der Waals surface area contributed by atoms with Gasteiger partial charge in [-0.05, 0) is 34.3 Å². The van der Waals surface area contributed by atoms with Crippen molar-refractivity contribution in [3.63, 3.8) is 0 Å². The van der Waals surface area contributed by atoms with Gasteiger partial charge in [0.15, 0.2) is 9.84 Å². The number of benzene rings is 1. The van der Waals surface area contributed by atoms with Gasteiger partial charge < -0.3 is 15.0 Å². The van der Waals surface area contributed by atoms with Crippen LogP contribution in [0.1, 0.15) is 5.89 Å². The van der Waals surface area contributed by atoms with Crippen LogP contribution in [-0.2, 0) is 19.4 Å². The Hall–Kier alpha value is -2.39. The SMILES string of the molecule is CSCOC(=O)CN=C(C(Br)=C(N)C(F)(F)F)c1nc(-c2cccc(S(C)(=O)=O)c2)no1. The van der Waals surface area contributed by atoms with Crippen molar-refractivity contribution < 1.29 is 35.6 Å². The standard InChI is InChI=1S/C17H16BrF3N4O5S2/c1-31-8-29-11(26)7-23-13(12(18)14(22)17(19,20)21)16-24-15(25-30-16)9-4-3-5-10(6-9)32(2,27)28/h3-6H,7-8,22H2,1-2H3. The number of halogens is 4. The zero-order chi connectivity index (χ0) is 24.1. The van der Waals surface area contributed by atoms with E-state index in [-0.39, 0.29) is 22.2 Å². The minimum atomic E-state index is -4.91. The Labute approximate surface area is 193 Å². The fraction of sp³-hybridized carbons (Fsp3) is 0.294. The van der Waals surface area contributed by atoms with Crippen molar-refractivity contribution in [3.8, 4) is 11.4 Å². The quantitative estimate of drug-likeness (QED) is 0.295. The fourth-order valence-corrected chi connectivity index (χ4v) is 3.54. The highest BCUT2D eigenvalue weighted by Crippen LogP contribution is 2.29. The summed E-state index contributed by atoms with van der Waals surface area (Å²) in [5, 5.41) is 3.66. The Kier molecular flexibility index (Phi) is 8.47. The highest BCUT2D eigenvalue weighted by molar-refractivity contribution is 9.12. The third kappa shape index (κ3) is 6.80. The second kappa shape index (κ2) is 10.5. The van der Waals surface area contributed by atoms with Crippen LogP contribution in [0.25, 0.3) is 11.4 Å². The molecule has 0 spiro atoms. The average molecular weight is 557 g/mol. The van der Waals surface area contributed by atoms with Crippen LogP contribution < -0.4 is 5.73 Å². The molecule has 32 heavy (non-hydrogen) atoms. The van der Waals surface area contributed by atoms with Gasteiger partial charge in [0.05, 0.1) is 9.38 Å². The molecule has 0 aliphatic carbocycles. The number of ether oxygens (including phenoxy) is 1. The monoisotopic (exact) mass is 556 g/mol. The maximum absolute atomic E-state index is 13.1. The zero-order valence-corrected chi connectivity index (χ0v) is 19.7. The third-order valence-electron chi connectivity index (χ3n) is 3.60. The molecule has 2 rings (SSSR count). The van der Waals surface area contributed by atoms with Gasteiger partial charge >= 0.3 is 12.1 Å². The van der Waals surface area contributed by atoms with E-state index < -0.39 is 50.3 Å². The Bertz CT molecular complexity index is 1160. The lowest BCUT2D eigenvalue weighted by Gasteiger charge is -2.10. The van der Waals surface area contributed by atoms with E-state index in [2.05, 4.69) is 31.1 Å². The highest BCUT2D eigenvalue weighted by Gasteiger charge is 2.36. The Morgan fingerprint density at radius 3 is 2.66 bits per heavy atom. The number of carbonyl (C=O) groups is 1. The number of carbonyl (C=O) groups excluding carboxylic acids is 1. The van der Waals surface area contributed by atoms with Crippen LogP contribution in [0.15, 0.2) is 48.9 Å². The Morgan fingerprint density at radius 1 is 1.38 bits per heavy atom. The van der Waals surface area contributed by atoms with Gasteiger partial charge in [0.2, 0.25) is 5.82 Å².